The molecule has 1 aromatic carbocycles. The molecule has 3 heteroatoms. The Morgan fingerprint density at radius 3 is 2.53 bits per heavy atom. The van der Waals surface area contributed by atoms with Crippen LogP contribution in [0, 0.1) is 12.7 Å². The fraction of sp³-hybridized carbons (Fsp3) is 0.500. The van der Waals surface area contributed by atoms with E-state index < -0.39 is 0 Å². The molecule has 0 aromatic heterocycles. The number of hydrogen-bond acceptors (Lipinski definition) is 1. The SMILES string of the molecule is Cc1cc(F)c(Br)cc1C1(C(C)N)CC1. The van der Waals surface area contributed by atoms with Gasteiger partial charge in [-0.2, -0.15) is 0 Å². The number of rotatable bonds is 2. The Bertz CT molecular complexity index is 397. The molecule has 1 nitrogen and oxygen atoms in total. The van der Waals surface area contributed by atoms with Gasteiger partial charge in [-0.1, -0.05) is 0 Å². The molecule has 0 spiro atoms. The normalized spacial score (nSPS) is 20.1. The lowest BCUT2D eigenvalue weighted by Gasteiger charge is -2.22. The van der Waals surface area contributed by atoms with Crippen LogP contribution in [-0.4, -0.2) is 6.04 Å². The van der Waals surface area contributed by atoms with Gasteiger partial charge in [0.05, 0.1) is 4.47 Å². The second-order valence-corrected chi connectivity index (χ2v) is 5.38. The zero-order valence-electron chi connectivity index (χ0n) is 8.98. The molecule has 82 valence electrons. The van der Waals surface area contributed by atoms with E-state index in [1.54, 1.807) is 6.07 Å². The molecule has 0 bridgehead atoms. The summed E-state index contributed by atoms with van der Waals surface area (Å²) in [5.41, 5.74) is 8.32. The van der Waals surface area contributed by atoms with E-state index in [2.05, 4.69) is 15.9 Å². The lowest BCUT2D eigenvalue weighted by molar-refractivity contribution is 0.549. The van der Waals surface area contributed by atoms with Gasteiger partial charge in [-0.25, -0.2) is 4.39 Å². The third-order valence-corrected chi connectivity index (χ3v) is 4.07. The zero-order chi connectivity index (χ0) is 11.2. The Morgan fingerprint density at radius 2 is 2.07 bits per heavy atom. The fourth-order valence-corrected chi connectivity index (χ4v) is 2.63. The highest BCUT2D eigenvalue weighted by Gasteiger charge is 2.48. The maximum Gasteiger partial charge on any atom is 0.137 e. The van der Waals surface area contributed by atoms with Gasteiger partial charge in [-0.3, -0.25) is 0 Å². The second kappa shape index (κ2) is 3.56. The van der Waals surface area contributed by atoms with E-state index in [1.165, 1.54) is 5.56 Å². The first-order chi connectivity index (χ1) is 6.97. The van der Waals surface area contributed by atoms with Gasteiger partial charge in [-0.05, 0) is 65.9 Å². The molecule has 0 aliphatic heterocycles. The first kappa shape index (κ1) is 11.1. The van der Waals surface area contributed by atoms with Crippen LogP contribution in [0.1, 0.15) is 30.9 Å². The molecule has 1 unspecified atom stereocenters. The van der Waals surface area contributed by atoms with Crippen molar-refractivity contribution in [3.63, 3.8) is 0 Å². The number of nitrogens with two attached hydrogens (primary N) is 1. The van der Waals surface area contributed by atoms with Crippen LogP contribution in [0.4, 0.5) is 4.39 Å². The van der Waals surface area contributed by atoms with E-state index in [9.17, 15) is 4.39 Å². The van der Waals surface area contributed by atoms with Crippen LogP contribution < -0.4 is 5.73 Å². The minimum absolute atomic E-state index is 0.0975. The third kappa shape index (κ3) is 1.72. The standard InChI is InChI=1S/C12H15BrFN/c1-7-5-11(14)10(13)6-9(7)12(3-4-12)8(2)15/h5-6,8H,3-4,15H2,1-2H3. The van der Waals surface area contributed by atoms with Crippen molar-refractivity contribution >= 4 is 15.9 Å². The summed E-state index contributed by atoms with van der Waals surface area (Å²) in [6.45, 7) is 3.98. The Labute approximate surface area is 98.0 Å². The van der Waals surface area contributed by atoms with Crippen molar-refractivity contribution in [2.24, 2.45) is 5.73 Å². The summed E-state index contributed by atoms with van der Waals surface area (Å²) in [7, 11) is 0. The van der Waals surface area contributed by atoms with Crippen LogP contribution in [0.5, 0.6) is 0 Å². The van der Waals surface area contributed by atoms with E-state index in [0.29, 0.717) is 4.47 Å². The van der Waals surface area contributed by atoms with Gasteiger partial charge in [0, 0.05) is 11.5 Å². The predicted octanol–water partition coefficient (Wildman–Crippen LogP) is 3.28. The predicted molar refractivity (Wildman–Crippen MR) is 63.4 cm³/mol. The van der Waals surface area contributed by atoms with Crippen LogP contribution in [0.15, 0.2) is 16.6 Å². The van der Waals surface area contributed by atoms with Crippen LogP contribution in [-0.2, 0) is 5.41 Å². The summed E-state index contributed by atoms with van der Waals surface area (Å²) in [5.74, 6) is -0.197. The van der Waals surface area contributed by atoms with Gasteiger partial charge < -0.3 is 5.73 Å². The van der Waals surface area contributed by atoms with Gasteiger partial charge in [0.1, 0.15) is 5.82 Å². The Morgan fingerprint density at radius 1 is 1.47 bits per heavy atom. The number of hydrogen-bond donors (Lipinski definition) is 1. The highest BCUT2D eigenvalue weighted by Crippen LogP contribution is 2.51. The van der Waals surface area contributed by atoms with Gasteiger partial charge in [0.15, 0.2) is 0 Å². The molecule has 15 heavy (non-hydrogen) atoms. The molecule has 2 rings (SSSR count). The largest absolute Gasteiger partial charge is 0.327 e. The minimum atomic E-state index is -0.197. The number of halogens is 2. The van der Waals surface area contributed by atoms with E-state index in [-0.39, 0.29) is 17.3 Å². The lowest BCUT2D eigenvalue weighted by atomic mass is 9.86. The van der Waals surface area contributed by atoms with Gasteiger partial charge in [0.25, 0.3) is 0 Å². The smallest absolute Gasteiger partial charge is 0.137 e. The highest BCUT2D eigenvalue weighted by molar-refractivity contribution is 9.10. The molecule has 0 saturated heterocycles. The van der Waals surface area contributed by atoms with Crippen molar-refractivity contribution < 1.29 is 4.39 Å². The van der Waals surface area contributed by atoms with Crippen molar-refractivity contribution in [2.75, 3.05) is 0 Å². The van der Waals surface area contributed by atoms with Crippen molar-refractivity contribution in [2.45, 2.75) is 38.1 Å². The molecule has 2 N–H and O–H groups in total. The Balaban J connectivity index is 2.49. The molecule has 1 saturated carbocycles. The molecule has 1 atom stereocenters. The first-order valence-corrected chi connectivity index (χ1v) is 5.98. The van der Waals surface area contributed by atoms with Crippen molar-refractivity contribution in [1.82, 2.24) is 0 Å². The fourth-order valence-electron chi connectivity index (χ4n) is 2.29. The van der Waals surface area contributed by atoms with Crippen LogP contribution in [0.25, 0.3) is 0 Å². The molecule has 0 heterocycles. The van der Waals surface area contributed by atoms with Gasteiger partial charge in [0.2, 0.25) is 0 Å². The van der Waals surface area contributed by atoms with Crippen molar-refractivity contribution in [3.05, 3.63) is 33.5 Å². The summed E-state index contributed by atoms with van der Waals surface area (Å²) in [6, 6.07) is 3.61. The first-order valence-electron chi connectivity index (χ1n) is 5.19. The molecule has 0 amide bonds. The highest BCUT2D eigenvalue weighted by atomic mass is 79.9. The van der Waals surface area contributed by atoms with Gasteiger partial charge >= 0.3 is 0 Å². The average molecular weight is 272 g/mol. The minimum Gasteiger partial charge on any atom is -0.327 e. The zero-order valence-corrected chi connectivity index (χ0v) is 10.6. The Kier molecular flexibility index (Phi) is 2.63. The molecular formula is C12H15BrFN. The molecule has 1 aliphatic carbocycles. The third-order valence-electron chi connectivity index (χ3n) is 3.46. The second-order valence-electron chi connectivity index (χ2n) is 4.53. The summed E-state index contributed by atoms with van der Waals surface area (Å²) in [4.78, 5) is 0. The van der Waals surface area contributed by atoms with Crippen molar-refractivity contribution in [3.8, 4) is 0 Å². The molecule has 1 fully saturated rings. The van der Waals surface area contributed by atoms with Crippen LogP contribution in [0.2, 0.25) is 0 Å². The molecule has 0 radical (unpaired) electrons. The van der Waals surface area contributed by atoms with Crippen LogP contribution >= 0.6 is 15.9 Å². The van der Waals surface area contributed by atoms with Gasteiger partial charge in [-0.15, -0.1) is 0 Å². The van der Waals surface area contributed by atoms with E-state index in [0.717, 1.165) is 18.4 Å². The topological polar surface area (TPSA) is 26.0 Å². The summed E-state index contributed by atoms with van der Waals surface area (Å²) in [5, 5.41) is 0. The summed E-state index contributed by atoms with van der Waals surface area (Å²) < 4.78 is 13.8. The molecule has 1 aromatic rings. The monoisotopic (exact) mass is 271 g/mol. The maximum atomic E-state index is 13.3. The molecule has 1 aliphatic rings. The number of benzene rings is 1. The van der Waals surface area contributed by atoms with E-state index in [1.807, 2.05) is 19.9 Å². The summed E-state index contributed by atoms with van der Waals surface area (Å²) >= 11 is 3.23. The number of aryl methyl sites for hydroxylation is 1. The molecular weight excluding hydrogens is 257 g/mol. The van der Waals surface area contributed by atoms with Crippen LogP contribution in [0.3, 0.4) is 0 Å². The Hall–Kier alpha value is -0.410. The quantitative estimate of drug-likeness (QED) is 0.878. The van der Waals surface area contributed by atoms with Crippen molar-refractivity contribution in [1.29, 1.82) is 0 Å². The maximum absolute atomic E-state index is 13.3. The summed E-state index contributed by atoms with van der Waals surface area (Å²) in [6.07, 6.45) is 2.23. The lowest BCUT2D eigenvalue weighted by Crippen LogP contribution is -2.32. The average Bonchev–Trinajstić information content (AvgIpc) is 2.92. The van der Waals surface area contributed by atoms with E-state index >= 15 is 0 Å². The van der Waals surface area contributed by atoms with E-state index in [4.69, 9.17) is 5.73 Å².